The zero-order valence-electron chi connectivity index (χ0n) is 18.9. The van der Waals surface area contributed by atoms with Crippen molar-refractivity contribution in [3.63, 3.8) is 0 Å². The molecule has 4 heteroatoms. The highest BCUT2D eigenvalue weighted by Gasteiger charge is 2.31. The third-order valence-electron chi connectivity index (χ3n) is 6.26. The van der Waals surface area contributed by atoms with Crippen molar-refractivity contribution in [2.75, 3.05) is 13.6 Å². The van der Waals surface area contributed by atoms with E-state index >= 15 is 0 Å². The number of rotatable bonds is 8. The van der Waals surface area contributed by atoms with E-state index in [1.165, 1.54) is 18.1 Å². The first kappa shape index (κ1) is 25.6. The van der Waals surface area contributed by atoms with E-state index in [9.17, 15) is 4.79 Å². The van der Waals surface area contributed by atoms with Gasteiger partial charge in [0.1, 0.15) is 5.75 Å². The third kappa shape index (κ3) is 6.54. The first-order chi connectivity index (χ1) is 13.1. The Morgan fingerprint density at radius 3 is 2.10 bits per heavy atom. The van der Waals surface area contributed by atoms with Gasteiger partial charge < -0.3 is 33.2 Å². The number of carbonyl (C=O) groups excluding carboxylic acids is 1. The second-order valence-corrected chi connectivity index (χ2v) is 8.64. The minimum Gasteiger partial charge on any atom is -1.00 e. The van der Waals surface area contributed by atoms with Crippen LogP contribution in [0.25, 0.3) is 0 Å². The van der Waals surface area contributed by atoms with E-state index < -0.39 is 0 Å². The quantitative estimate of drug-likeness (QED) is 0.237. The van der Waals surface area contributed by atoms with Crippen molar-refractivity contribution in [2.45, 2.75) is 66.0 Å². The molecule has 0 saturated carbocycles. The second-order valence-electron chi connectivity index (χ2n) is 8.64. The molecule has 2 rings (SSSR count). The second kappa shape index (κ2) is 11.1. The molecule has 3 nitrogen and oxygen atoms in total. The van der Waals surface area contributed by atoms with Crippen molar-refractivity contribution in [2.24, 2.45) is 0 Å². The number of halogens is 1. The fourth-order valence-electron chi connectivity index (χ4n) is 3.90. The number of nitrogens with zero attached hydrogens (tertiary/aromatic N) is 1. The van der Waals surface area contributed by atoms with Crippen molar-refractivity contribution < 1.29 is 38.0 Å². The molecule has 0 fully saturated rings. The lowest BCUT2D eigenvalue weighted by atomic mass is 9.86. The summed E-state index contributed by atoms with van der Waals surface area (Å²) in [6.45, 7) is 13.8. The van der Waals surface area contributed by atoms with E-state index in [1.807, 2.05) is 18.2 Å². The molecule has 0 bridgehead atoms. The van der Waals surface area contributed by atoms with Crippen LogP contribution in [0.1, 0.15) is 63.6 Å². The van der Waals surface area contributed by atoms with Gasteiger partial charge in [-0.2, -0.15) is 0 Å². The summed E-state index contributed by atoms with van der Waals surface area (Å²) in [5.41, 5.74) is 3.54. The Kier molecular flexibility index (Phi) is 9.83. The minimum absolute atomic E-state index is 0. The van der Waals surface area contributed by atoms with Crippen molar-refractivity contribution in [1.82, 2.24) is 0 Å². The summed E-state index contributed by atoms with van der Waals surface area (Å²) in [4.78, 5) is 11.7. The smallest absolute Gasteiger partial charge is 0.308 e. The number of benzene rings is 2. The van der Waals surface area contributed by atoms with Crippen LogP contribution < -0.4 is 28.7 Å². The van der Waals surface area contributed by atoms with Gasteiger partial charge in [0.15, 0.2) is 0 Å². The first-order valence-electron chi connectivity index (χ1n) is 10.3. The van der Waals surface area contributed by atoms with E-state index in [1.54, 1.807) is 0 Å². The Balaban J connectivity index is 0.00000420. The van der Waals surface area contributed by atoms with Crippen LogP contribution in [0.4, 0.5) is 0 Å². The molecule has 2 aromatic rings. The summed E-state index contributed by atoms with van der Waals surface area (Å²) in [7, 11) is 2.35. The van der Waals surface area contributed by atoms with Crippen LogP contribution in [0.2, 0.25) is 0 Å². The van der Waals surface area contributed by atoms with E-state index in [0.29, 0.717) is 17.8 Å². The van der Waals surface area contributed by atoms with Crippen molar-refractivity contribution in [3.8, 4) is 5.75 Å². The van der Waals surface area contributed by atoms with Crippen LogP contribution in [0, 0.1) is 6.92 Å². The Hall–Kier alpha value is -1.40. The summed E-state index contributed by atoms with van der Waals surface area (Å²) in [6.07, 6.45) is 0.995. The number of aryl methyl sites for hydroxylation is 1. The number of hydrogen-bond donors (Lipinski definition) is 0. The van der Waals surface area contributed by atoms with Crippen LogP contribution in [0.3, 0.4) is 0 Å². The third-order valence-corrected chi connectivity index (χ3v) is 6.26. The van der Waals surface area contributed by atoms with Gasteiger partial charge in [-0.25, -0.2) is 0 Å². The van der Waals surface area contributed by atoms with Gasteiger partial charge in [-0.3, -0.25) is 4.79 Å². The van der Waals surface area contributed by atoms with Gasteiger partial charge in [0.2, 0.25) is 0 Å². The molecule has 1 atom stereocenters. The van der Waals surface area contributed by atoms with Crippen molar-refractivity contribution in [1.29, 1.82) is 0 Å². The maximum Gasteiger partial charge on any atom is 0.308 e. The highest BCUT2D eigenvalue weighted by atomic mass is 127. The predicted molar refractivity (Wildman–Crippen MR) is 117 cm³/mol. The maximum absolute atomic E-state index is 11.7. The normalized spacial score (nSPS) is 12.6. The largest absolute Gasteiger partial charge is 1.00 e. The van der Waals surface area contributed by atoms with E-state index in [0.717, 1.165) is 23.0 Å². The molecule has 0 radical (unpaired) electrons. The zero-order chi connectivity index (χ0) is 20.9. The molecule has 0 amide bonds. The molecule has 0 heterocycles. The van der Waals surface area contributed by atoms with Crippen LogP contribution in [-0.2, 0) is 4.79 Å². The van der Waals surface area contributed by atoms with Gasteiger partial charge >= 0.3 is 5.97 Å². The van der Waals surface area contributed by atoms with E-state index in [2.05, 4.69) is 72.0 Å². The van der Waals surface area contributed by atoms with E-state index in [4.69, 9.17) is 4.74 Å². The maximum atomic E-state index is 11.7. The van der Waals surface area contributed by atoms with Crippen molar-refractivity contribution in [3.05, 3.63) is 65.2 Å². The Labute approximate surface area is 194 Å². The highest BCUT2D eigenvalue weighted by molar-refractivity contribution is 5.70. The lowest BCUT2D eigenvalue weighted by Crippen LogP contribution is -3.00. The van der Waals surface area contributed by atoms with Crippen LogP contribution in [0.15, 0.2) is 48.5 Å². The molecule has 160 valence electrons. The Bertz CT molecular complexity index is 779. The summed E-state index contributed by atoms with van der Waals surface area (Å²) >= 11 is 0. The molecule has 0 N–H and O–H groups in total. The Morgan fingerprint density at radius 2 is 1.59 bits per heavy atom. The number of esters is 1. The molecule has 0 aliphatic carbocycles. The number of hydrogen-bond acceptors (Lipinski definition) is 2. The van der Waals surface area contributed by atoms with Gasteiger partial charge in [0.05, 0.1) is 25.7 Å². The fourth-order valence-corrected chi connectivity index (χ4v) is 3.90. The predicted octanol–water partition coefficient (Wildman–Crippen LogP) is 2.71. The Morgan fingerprint density at radius 1 is 1.00 bits per heavy atom. The summed E-state index contributed by atoms with van der Waals surface area (Å²) in [5, 5.41) is 0. The standard InChI is InChI=1S/C25H36NO2.HI/c1-18(2)26(7,19(3)4)16-15-23(22-11-9-8-10-12-22)24-17-20(5)13-14-25(24)28-21(6)27;/h8-14,17-19,23H,15-16H2,1-7H3;1H/q+1;/p-1/t23-;/m1./s1. The van der Waals surface area contributed by atoms with E-state index in [-0.39, 0.29) is 35.9 Å². The molecular formula is C25H36INO2. The molecule has 29 heavy (non-hydrogen) atoms. The van der Waals surface area contributed by atoms with Gasteiger partial charge in [0.25, 0.3) is 0 Å². The zero-order valence-corrected chi connectivity index (χ0v) is 21.1. The number of quaternary nitrogens is 1. The summed E-state index contributed by atoms with van der Waals surface area (Å²) in [5.74, 6) is 0.586. The number of ether oxygens (including phenoxy) is 1. The number of carbonyl (C=O) groups is 1. The molecule has 2 aromatic carbocycles. The van der Waals surface area contributed by atoms with Crippen LogP contribution in [-0.4, -0.2) is 36.1 Å². The van der Waals surface area contributed by atoms with Gasteiger partial charge in [-0.15, -0.1) is 0 Å². The molecule has 0 spiro atoms. The minimum atomic E-state index is -0.276. The summed E-state index contributed by atoms with van der Waals surface area (Å²) in [6, 6.07) is 17.8. The molecule has 0 saturated heterocycles. The average Bonchev–Trinajstić information content (AvgIpc) is 2.64. The molecule has 0 aliphatic heterocycles. The summed E-state index contributed by atoms with van der Waals surface area (Å²) < 4.78 is 6.60. The molecule has 0 aliphatic rings. The van der Waals surface area contributed by atoms with Crippen molar-refractivity contribution >= 4 is 5.97 Å². The molecular weight excluding hydrogens is 473 g/mol. The van der Waals surface area contributed by atoms with Gasteiger partial charge in [-0.1, -0.05) is 48.0 Å². The van der Waals surface area contributed by atoms with Crippen LogP contribution in [0.5, 0.6) is 5.75 Å². The SMILES string of the molecule is CC(=O)Oc1ccc(C)cc1[C@H](CC[N+](C)(C(C)C)C(C)C)c1ccccc1.[I-]. The van der Waals surface area contributed by atoms with Crippen LogP contribution >= 0.6 is 0 Å². The topological polar surface area (TPSA) is 26.3 Å². The lowest BCUT2D eigenvalue weighted by Gasteiger charge is -2.43. The van der Waals surface area contributed by atoms with Gasteiger partial charge in [-0.05, 0) is 46.2 Å². The monoisotopic (exact) mass is 509 g/mol. The highest BCUT2D eigenvalue weighted by Crippen LogP contribution is 2.36. The lowest BCUT2D eigenvalue weighted by molar-refractivity contribution is -0.949. The first-order valence-corrected chi connectivity index (χ1v) is 10.3. The molecule has 0 unspecified atom stereocenters. The molecule has 0 aromatic heterocycles. The fraction of sp³-hybridized carbons (Fsp3) is 0.480. The van der Waals surface area contributed by atoms with Gasteiger partial charge in [0, 0.05) is 24.8 Å². The average molecular weight is 509 g/mol.